The van der Waals surface area contributed by atoms with Crippen LogP contribution in [-0.2, 0) is 23.5 Å². The number of halogens is 1. The van der Waals surface area contributed by atoms with Crippen LogP contribution in [0.2, 0.25) is 0 Å². The summed E-state index contributed by atoms with van der Waals surface area (Å²) in [4.78, 5) is 24.9. The Morgan fingerprint density at radius 1 is 1.03 bits per heavy atom. The molecule has 1 aliphatic rings. The summed E-state index contributed by atoms with van der Waals surface area (Å²) in [5.74, 6) is -0.591. The molecule has 0 spiro atoms. The van der Waals surface area contributed by atoms with Crippen molar-refractivity contribution in [2.75, 3.05) is 0 Å². The summed E-state index contributed by atoms with van der Waals surface area (Å²) in [6.45, 7) is 0.166. The fraction of sp³-hybridized carbons (Fsp3) is 0.120. The Labute approximate surface area is 202 Å². The number of benzene rings is 3. The maximum absolute atomic E-state index is 13.5. The minimum Gasteiger partial charge on any atom is -0.494 e. The van der Waals surface area contributed by atoms with Gasteiger partial charge in [-0.3, -0.25) is 10.1 Å². The number of aromatic hydroxyl groups is 1. The Balaban J connectivity index is 1.29. The first-order valence-corrected chi connectivity index (χ1v) is 11.0. The summed E-state index contributed by atoms with van der Waals surface area (Å²) < 4.78 is 25.6. The summed E-state index contributed by atoms with van der Waals surface area (Å²) in [5, 5.41) is 24.6. The molecule has 5 aromatic rings. The Hall–Kier alpha value is -4.93. The number of amides is 3. The first-order chi connectivity index (χ1) is 17.4. The number of hydrogen-bond acceptors (Lipinski definition) is 7. The van der Waals surface area contributed by atoms with Crippen molar-refractivity contribution in [1.82, 2.24) is 25.5 Å². The van der Waals surface area contributed by atoms with Crippen molar-refractivity contribution in [1.29, 1.82) is 0 Å². The number of hydrogen-bond donors (Lipinski definition) is 3. The summed E-state index contributed by atoms with van der Waals surface area (Å²) in [7, 11) is 0. The highest BCUT2D eigenvalue weighted by Crippen LogP contribution is 2.35. The van der Waals surface area contributed by atoms with Crippen molar-refractivity contribution in [3.8, 4) is 11.6 Å². The van der Waals surface area contributed by atoms with Gasteiger partial charge in [-0.1, -0.05) is 18.2 Å². The van der Waals surface area contributed by atoms with Gasteiger partial charge >= 0.3 is 6.03 Å². The Bertz CT molecular complexity index is 1640. The second-order valence-corrected chi connectivity index (χ2v) is 8.53. The van der Waals surface area contributed by atoms with E-state index in [1.807, 2.05) is 12.1 Å². The molecule has 11 heteroatoms. The third kappa shape index (κ3) is 3.57. The standard InChI is InChI=1S/C25H18FN5O5/c26-17-4-2-16(3-5-17)25(23(33)27-24(34)28-25)13-31-11-15-10-18(6-7-19(15)22(31)32)35-12-14-1-8-20-21(9-14)30-36-29-20/h1-11,32H,12-13H2,(H2,27,28,33,34). The lowest BCUT2D eigenvalue weighted by Gasteiger charge is -2.27. The maximum Gasteiger partial charge on any atom is 0.322 e. The molecule has 3 amide bonds. The lowest BCUT2D eigenvalue weighted by Crippen LogP contribution is -2.47. The van der Waals surface area contributed by atoms with Gasteiger partial charge in [0.1, 0.15) is 29.2 Å². The number of imide groups is 1. The second-order valence-electron chi connectivity index (χ2n) is 8.53. The number of aromatic nitrogens is 3. The zero-order valence-electron chi connectivity index (χ0n) is 18.6. The number of nitrogens with one attached hydrogen (secondary N) is 2. The van der Waals surface area contributed by atoms with Gasteiger partial charge in [-0.15, -0.1) is 0 Å². The van der Waals surface area contributed by atoms with Gasteiger partial charge in [-0.05, 0) is 63.9 Å². The largest absolute Gasteiger partial charge is 0.494 e. The first kappa shape index (κ1) is 21.6. The fourth-order valence-corrected chi connectivity index (χ4v) is 4.42. The van der Waals surface area contributed by atoms with Crippen molar-refractivity contribution in [2.45, 2.75) is 18.7 Å². The monoisotopic (exact) mass is 487 g/mol. The zero-order chi connectivity index (χ0) is 24.9. The Morgan fingerprint density at radius 3 is 2.61 bits per heavy atom. The Kier molecular flexibility index (Phi) is 4.85. The molecule has 2 aromatic heterocycles. The summed E-state index contributed by atoms with van der Waals surface area (Å²) in [6.07, 6.45) is 1.66. The van der Waals surface area contributed by atoms with E-state index in [1.54, 1.807) is 30.5 Å². The number of carbonyl (C=O) groups excluding carboxylic acids is 2. The minimum atomic E-state index is -1.52. The summed E-state index contributed by atoms with van der Waals surface area (Å²) in [6, 6.07) is 15.3. The predicted molar refractivity (Wildman–Crippen MR) is 124 cm³/mol. The van der Waals surface area contributed by atoms with Crippen LogP contribution in [0.25, 0.3) is 21.8 Å². The van der Waals surface area contributed by atoms with E-state index in [9.17, 15) is 19.1 Å². The van der Waals surface area contributed by atoms with Crippen molar-refractivity contribution in [3.63, 3.8) is 0 Å². The topological polar surface area (TPSA) is 132 Å². The van der Waals surface area contributed by atoms with Crippen LogP contribution in [0.4, 0.5) is 9.18 Å². The molecule has 1 saturated heterocycles. The van der Waals surface area contributed by atoms with E-state index in [4.69, 9.17) is 9.37 Å². The summed E-state index contributed by atoms with van der Waals surface area (Å²) in [5.41, 5.74) is 1.02. The van der Waals surface area contributed by atoms with Crippen LogP contribution >= 0.6 is 0 Å². The number of fused-ring (bicyclic) bond motifs is 2. The van der Waals surface area contributed by atoms with Gasteiger partial charge in [0.15, 0.2) is 11.4 Å². The van der Waals surface area contributed by atoms with E-state index in [-0.39, 0.29) is 19.0 Å². The zero-order valence-corrected chi connectivity index (χ0v) is 18.6. The highest BCUT2D eigenvalue weighted by Gasteiger charge is 2.48. The number of urea groups is 1. The molecule has 3 heterocycles. The van der Waals surface area contributed by atoms with Gasteiger partial charge < -0.3 is 19.7 Å². The molecule has 0 aliphatic carbocycles. The van der Waals surface area contributed by atoms with Gasteiger partial charge in [-0.2, -0.15) is 0 Å². The number of carbonyl (C=O) groups is 2. The highest BCUT2D eigenvalue weighted by molar-refractivity contribution is 6.07. The van der Waals surface area contributed by atoms with E-state index in [2.05, 4.69) is 20.9 Å². The van der Waals surface area contributed by atoms with Gasteiger partial charge in [0.05, 0.1) is 6.54 Å². The van der Waals surface area contributed by atoms with E-state index < -0.39 is 23.3 Å². The van der Waals surface area contributed by atoms with Crippen LogP contribution < -0.4 is 15.4 Å². The average Bonchev–Trinajstić information content (AvgIpc) is 3.54. The van der Waals surface area contributed by atoms with Crippen LogP contribution in [0.15, 0.2) is 71.5 Å². The normalized spacial score (nSPS) is 17.5. The fourth-order valence-electron chi connectivity index (χ4n) is 4.42. The number of rotatable bonds is 6. The lowest BCUT2D eigenvalue weighted by atomic mass is 9.89. The van der Waals surface area contributed by atoms with Crippen LogP contribution in [-0.4, -0.2) is 31.9 Å². The van der Waals surface area contributed by atoms with Gasteiger partial charge in [0.25, 0.3) is 5.91 Å². The third-order valence-corrected chi connectivity index (χ3v) is 6.24. The molecule has 6 rings (SSSR count). The minimum absolute atomic E-state index is 0.0871. The average molecular weight is 487 g/mol. The van der Waals surface area contributed by atoms with Crippen molar-refractivity contribution < 1.29 is 28.5 Å². The molecule has 10 nitrogen and oxygen atoms in total. The van der Waals surface area contributed by atoms with Crippen molar-refractivity contribution in [3.05, 3.63) is 83.8 Å². The quantitative estimate of drug-likeness (QED) is 0.313. The lowest BCUT2D eigenvalue weighted by molar-refractivity contribution is -0.124. The molecule has 3 aromatic carbocycles. The molecular weight excluding hydrogens is 469 g/mol. The molecule has 0 bridgehead atoms. The second kappa shape index (κ2) is 8.08. The molecular formula is C25H18FN5O5. The SMILES string of the molecule is O=C1NC(=O)C(Cn2cc3cc(OCc4ccc5nonc5c4)ccc3c2O)(c2ccc(F)cc2)N1. The molecule has 1 atom stereocenters. The van der Waals surface area contributed by atoms with Crippen LogP contribution in [0.1, 0.15) is 11.1 Å². The molecule has 1 fully saturated rings. The third-order valence-electron chi connectivity index (χ3n) is 6.24. The first-order valence-electron chi connectivity index (χ1n) is 11.0. The number of nitrogens with zero attached hydrogens (tertiary/aromatic N) is 3. The van der Waals surface area contributed by atoms with E-state index in [0.717, 1.165) is 5.56 Å². The van der Waals surface area contributed by atoms with Gasteiger partial charge in [-0.25, -0.2) is 13.8 Å². The molecule has 0 saturated carbocycles. The molecule has 1 aliphatic heterocycles. The van der Waals surface area contributed by atoms with Gasteiger partial charge in [0, 0.05) is 17.0 Å². The van der Waals surface area contributed by atoms with Crippen molar-refractivity contribution in [2.24, 2.45) is 0 Å². The van der Waals surface area contributed by atoms with Gasteiger partial charge in [0.2, 0.25) is 0 Å². The molecule has 1 unspecified atom stereocenters. The molecule has 36 heavy (non-hydrogen) atoms. The smallest absolute Gasteiger partial charge is 0.322 e. The molecule has 180 valence electrons. The predicted octanol–water partition coefficient (Wildman–Crippen LogP) is 3.34. The van der Waals surface area contributed by atoms with Crippen LogP contribution in [0.3, 0.4) is 0 Å². The highest BCUT2D eigenvalue weighted by atomic mass is 19.1. The molecule has 0 radical (unpaired) electrons. The van der Waals surface area contributed by atoms with Crippen LogP contribution in [0.5, 0.6) is 11.6 Å². The summed E-state index contributed by atoms with van der Waals surface area (Å²) >= 11 is 0. The van der Waals surface area contributed by atoms with Crippen molar-refractivity contribution >= 4 is 33.7 Å². The van der Waals surface area contributed by atoms with E-state index >= 15 is 0 Å². The van der Waals surface area contributed by atoms with E-state index in [0.29, 0.717) is 33.1 Å². The number of ether oxygens (including phenoxy) is 1. The Morgan fingerprint density at radius 2 is 1.83 bits per heavy atom. The maximum atomic E-state index is 13.5. The molecule has 3 N–H and O–H groups in total. The van der Waals surface area contributed by atoms with Crippen LogP contribution in [0, 0.1) is 5.82 Å². The van der Waals surface area contributed by atoms with E-state index in [1.165, 1.54) is 28.8 Å².